The number of ether oxygens (including phenoxy) is 1. The van der Waals surface area contributed by atoms with Gasteiger partial charge in [0.05, 0.1) is 5.56 Å². The zero-order valence-corrected chi connectivity index (χ0v) is 12.7. The summed E-state index contributed by atoms with van der Waals surface area (Å²) in [7, 11) is 4.08. The Balaban J connectivity index is 2.09. The number of carbonyl (C=O) groups excluding carboxylic acids is 1. The van der Waals surface area contributed by atoms with Crippen LogP contribution in [0.15, 0.2) is 54.6 Å². The van der Waals surface area contributed by atoms with Gasteiger partial charge in [0.2, 0.25) is 0 Å². The molecular weight excluding hydrogens is 262 g/mol. The molecule has 0 bridgehead atoms. The van der Waals surface area contributed by atoms with Crippen LogP contribution in [0.5, 0.6) is 0 Å². The van der Waals surface area contributed by atoms with E-state index in [4.69, 9.17) is 4.74 Å². The molecule has 0 radical (unpaired) electrons. The minimum absolute atomic E-state index is 0.275. The van der Waals surface area contributed by atoms with Crippen molar-refractivity contribution in [3.63, 3.8) is 0 Å². The minimum Gasteiger partial charge on any atom is -0.457 e. The quantitative estimate of drug-likeness (QED) is 0.784. The Morgan fingerprint density at radius 1 is 1.05 bits per heavy atom. The van der Waals surface area contributed by atoms with E-state index in [-0.39, 0.29) is 12.0 Å². The van der Waals surface area contributed by atoms with Crippen molar-refractivity contribution in [3.8, 4) is 0 Å². The standard InChI is InChI=1S/C18H21NO2/c1-14(19(2)3)17-12-8-7-11-16(17)13-21-18(20)15-9-5-4-6-10-15/h4-12,14H,13H2,1-3H3/t14-/m1/s1. The average molecular weight is 283 g/mol. The fraction of sp³-hybridized carbons (Fsp3) is 0.278. The highest BCUT2D eigenvalue weighted by atomic mass is 16.5. The van der Waals surface area contributed by atoms with Crippen LogP contribution in [0.1, 0.15) is 34.5 Å². The molecule has 0 unspecified atom stereocenters. The molecule has 0 aliphatic rings. The van der Waals surface area contributed by atoms with Crippen molar-refractivity contribution in [2.45, 2.75) is 19.6 Å². The number of rotatable bonds is 5. The maximum atomic E-state index is 12.0. The smallest absolute Gasteiger partial charge is 0.338 e. The highest BCUT2D eigenvalue weighted by molar-refractivity contribution is 5.89. The molecular formula is C18H21NO2. The molecule has 3 heteroatoms. The molecule has 0 spiro atoms. The second-order valence-electron chi connectivity index (χ2n) is 5.28. The maximum Gasteiger partial charge on any atom is 0.338 e. The molecule has 0 aliphatic heterocycles. The van der Waals surface area contributed by atoms with Crippen LogP contribution in [-0.2, 0) is 11.3 Å². The van der Waals surface area contributed by atoms with Crippen LogP contribution in [0, 0.1) is 0 Å². The lowest BCUT2D eigenvalue weighted by molar-refractivity contribution is 0.0470. The molecule has 0 amide bonds. The lowest BCUT2D eigenvalue weighted by Crippen LogP contribution is -2.18. The fourth-order valence-electron chi connectivity index (χ4n) is 2.15. The van der Waals surface area contributed by atoms with Crippen molar-refractivity contribution in [2.75, 3.05) is 14.1 Å². The zero-order chi connectivity index (χ0) is 15.2. The Labute approximate surface area is 126 Å². The highest BCUT2D eigenvalue weighted by Gasteiger charge is 2.13. The summed E-state index contributed by atoms with van der Waals surface area (Å²) >= 11 is 0. The first-order valence-corrected chi connectivity index (χ1v) is 7.06. The lowest BCUT2D eigenvalue weighted by atomic mass is 10.0. The largest absolute Gasteiger partial charge is 0.457 e. The predicted octanol–water partition coefficient (Wildman–Crippen LogP) is 3.67. The summed E-state index contributed by atoms with van der Waals surface area (Å²) < 4.78 is 5.43. The fourth-order valence-corrected chi connectivity index (χ4v) is 2.15. The van der Waals surface area contributed by atoms with Crippen molar-refractivity contribution in [1.29, 1.82) is 0 Å². The van der Waals surface area contributed by atoms with Gasteiger partial charge in [0.25, 0.3) is 0 Å². The van der Waals surface area contributed by atoms with Gasteiger partial charge in [0, 0.05) is 6.04 Å². The molecule has 0 aromatic heterocycles. The van der Waals surface area contributed by atoms with E-state index in [1.165, 1.54) is 5.56 Å². The number of nitrogens with zero attached hydrogens (tertiary/aromatic N) is 1. The van der Waals surface area contributed by atoms with E-state index in [2.05, 4.69) is 17.9 Å². The van der Waals surface area contributed by atoms with E-state index in [0.717, 1.165) is 5.56 Å². The van der Waals surface area contributed by atoms with E-state index in [1.807, 2.05) is 50.5 Å². The molecule has 2 aromatic carbocycles. The van der Waals surface area contributed by atoms with Crippen LogP contribution in [0.3, 0.4) is 0 Å². The molecule has 0 saturated heterocycles. The third-order valence-electron chi connectivity index (χ3n) is 3.65. The van der Waals surface area contributed by atoms with Crippen LogP contribution >= 0.6 is 0 Å². The van der Waals surface area contributed by atoms with Gasteiger partial charge in [-0.05, 0) is 44.3 Å². The zero-order valence-electron chi connectivity index (χ0n) is 12.7. The lowest BCUT2D eigenvalue weighted by Gasteiger charge is -2.22. The van der Waals surface area contributed by atoms with Crippen LogP contribution < -0.4 is 0 Å². The van der Waals surface area contributed by atoms with Gasteiger partial charge in [-0.1, -0.05) is 42.5 Å². The van der Waals surface area contributed by atoms with E-state index >= 15 is 0 Å². The molecule has 2 aromatic rings. The van der Waals surface area contributed by atoms with Gasteiger partial charge in [-0.15, -0.1) is 0 Å². The van der Waals surface area contributed by atoms with E-state index in [0.29, 0.717) is 12.2 Å². The molecule has 0 saturated carbocycles. The number of esters is 1. The molecule has 0 heterocycles. The normalized spacial score (nSPS) is 12.2. The van der Waals surface area contributed by atoms with Crippen LogP contribution in [-0.4, -0.2) is 25.0 Å². The Kier molecular flexibility index (Phi) is 5.12. The van der Waals surface area contributed by atoms with Crippen LogP contribution in [0.4, 0.5) is 0 Å². The molecule has 1 atom stereocenters. The van der Waals surface area contributed by atoms with Gasteiger partial charge < -0.3 is 9.64 Å². The number of benzene rings is 2. The topological polar surface area (TPSA) is 29.5 Å². The molecule has 2 rings (SSSR count). The molecule has 0 fully saturated rings. The molecule has 0 aliphatic carbocycles. The number of hydrogen-bond acceptors (Lipinski definition) is 3. The van der Waals surface area contributed by atoms with E-state index in [1.54, 1.807) is 12.1 Å². The third kappa shape index (κ3) is 3.92. The molecule has 3 nitrogen and oxygen atoms in total. The van der Waals surface area contributed by atoms with Crippen LogP contribution in [0.25, 0.3) is 0 Å². The highest BCUT2D eigenvalue weighted by Crippen LogP contribution is 2.22. The second-order valence-corrected chi connectivity index (χ2v) is 5.28. The Bertz CT molecular complexity index is 593. The summed E-state index contributed by atoms with van der Waals surface area (Å²) in [6.45, 7) is 2.43. The number of carbonyl (C=O) groups is 1. The van der Waals surface area contributed by atoms with Crippen molar-refractivity contribution < 1.29 is 9.53 Å². The van der Waals surface area contributed by atoms with E-state index < -0.39 is 0 Å². The second kappa shape index (κ2) is 7.04. The van der Waals surface area contributed by atoms with Gasteiger partial charge >= 0.3 is 5.97 Å². The van der Waals surface area contributed by atoms with Gasteiger partial charge in [0.15, 0.2) is 0 Å². The van der Waals surface area contributed by atoms with Gasteiger partial charge in [-0.25, -0.2) is 4.79 Å². The summed E-state index contributed by atoms with van der Waals surface area (Å²) in [5.74, 6) is -0.289. The summed E-state index contributed by atoms with van der Waals surface area (Å²) in [6, 6.07) is 17.4. The predicted molar refractivity (Wildman–Crippen MR) is 84.1 cm³/mol. The summed E-state index contributed by atoms with van der Waals surface area (Å²) in [6.07, 6.45) is 0. The maximum absolute atomic E-state index is 12.0. The van der Waals surface area contributed by atoms with Gasteiger partial charge in [-0.3, -0.25) is 0 Å². The summed E-state index contributed by atoms with van der Waals surface area (Å²) in [5, 5.41) is 0. The van der Waals surface area contributed by atoms with Gasteiger partial charge in [-0.2, -0.15) is 0 Å². The first kappa shape index (κ1) is 15.3. The first-order chi connectivity index (χ1) is 10.1. The Morgan fingerprint density at radius 3 is 2.33 bits per heavy atom. The van der Waals surface area contributed by atoms with Gasteiger partial charge in [0.1, 0.15) is 6.61 Å². The van der Waals surface area contributed by atoms with Crippen molar-refractivity contribution in [1.82, 2.24) is 4.90 Å². The number of hydrogen-bond donors (Lipinski definition) is 0. The monoisotopic (exact) mass is 283 g/mol. The minimum atomic E-state index is -0.289. The Morgan fingerprint density at radius 2 is 1.67 bits per heavy atom. The van der Waals surface area contributed by atoms with E-state index in [9.17, 15) is 4.79 Å². The SMILES string of the molecule is C[C@H](c1ccccc1COC(=O)c1ccccc1)N(C)C. The van der Waals surface area contributed by atoms with Crippen molar-refractivity contribution in [2.24, 2.45) is 0 Å². The molecule has 110 valence electrons. The van der Waals surface area contributed by atoms with Crippen molar-refractivity contribution in [3.05, 3.63) is 71.3 Å². The van der Waals surface area contributed by atoms with Crippen LogP contribution in [0.2, 0.25) is 0 Å². The average Bonchev–Trinajstić information content (AvgIpc) is 2.53. The summed E-state index contributed by atoms with van der Waals surface area (Å²) in [5.41, 5.74) is 2.81. The molecule has 0 N–H and O–H groups in total. The molecule has 21 heavy (non-hydrogen) atoms. The first-order valence-electron chi connectivity index (χ1n) is 7.06. The summed E-state index contributed by atoms with van der Waals surface area (Å²) in [4.78, 5) is 14.1. The van der Waals surface area contributed by atoms with Crippen molar-refractivity contribution >= 4 is 5.97 Å². The Hall–Kier alpha value is -2.13. The third-order valence-corrected chi connectivity index (χ3v) is 3.65.